The van der Waals surface area contributed by atoms with Crippen LogP contribution in [0.25, 0.3) is 0 Å². The Balaban J connectivity index is 2.37. The molecule has 0 saturated heterocycles. The number of methoxy groups -OCH3 is 1. The first kappa shape index (κ1) is 17.0. The normalized spacial score (nSPS) is 12.5. The first-order chi connectivity index (χ1) is 9.22. The van der Waals surface area contributed by atoms with Crippen LogP contribution in [-0.4, -0.2) is 19.2 Å². The Labute approximate surface area is 124 Å². The number of rotatable bonds is 7. The van der Waals surface area contributed by atoms with Crippen LogP contribution in [0.1, 0.15) is 53.0 Å². The molecule has 0 bridgehead atoms. The zero-order chi connectivity index (χ0) is 15.2. The van der Waals surface area contributed by atoms with Gasteiger partial charge in [-0.1, -0.05) is 26.0 Å². The van der Waals surface area contributed by atoms with E-state index in [0.29, 0.717) is 5.41 Å². The monoisotopic (exact) mass is 277 g/mol. The second-order valence-electron chi connectivity index (χ2n) is 7.44. The van der Waals surface area contributed by atoms with Crippen molar-refractivity contribution >= 4 is 0 Å². The third kappa shape index (κ3) is 6.95. The van der Waals surface area contributed by atoms with Gasteiger partial charge < -0.3 is 10.1 Å². The molecule has 1 rings (SSSR count). The molecule has 2 nitrogen and oxygen atoms in total. The smallest absolute Gasteiger partial charge is 0.118 e. The number of benzene rings is 1. The molecule has 1 aromatic rings. The van der Waals surface area contributed by atoms with Gasteiger partial charge in [-0.3, -0.25) is 0 Å². The summed E-state index contributed by atoms with van der Waals surface area (Å²) in [5.74, 6) is 0.933. The van der Waals surface area contributed by atoms with Crippen molar-refractivity contribution in [2.75, 3.05) is 13.7 Å². The van der Waals surface area contributed by atoms with Crippen LogP contribution < -0.4 is 10.1 Å². The van der Waals surface area contributed by atoms with Crippen molar-refractivity contribution in [1.29, 1.82) is 0 Å². The van der Waals surface area contributed by atoms with E-state index < -0.39 is 0 Å². The van der Waals surface area contributed by atoms with Gasteiger partial charge in [0.15, 0.2) is 0 Å². The van der Waals surface area contributed by atoms with Crippen LogP contribution in [0, 0.1) is 5.41 Å². The van der Waals surface area contributed by atoms with Crippen LogP contribution in [-0.2, 0) is 6.42 Å². The van der Waals surface area contributed by atoms with E-state index in [1.54, 1.807) is 7.11 Å². The lowest BCUT2D eigenvalue weighted by Gasteiger charge is -2.28. The highest BCUT2D eigenvalue weighted by molar-refractivity contribution is 5.27. The van der Waals surface area contributed by atoms with Crippen molar-refractivity contribution in [3.8, 4) is 5.75 Å². The molecule has 114 valence electrons. The van der Waals surface area contributed by atoms with Gasteiger partial charge in [0.1, 0.15) is 5.75 Å². The van der Waals surface area contributed by atoms with Crippen molar-refractivity contribution in [1.82, 2.24) is 5.32 Å². The van der Waals surface area contributed by atoms with Gasteiger partial charge >= 0.3 is 0 Å². The second-order valence-corrected chi connectivity index (χ2v) is 7.44. The molecule has 0 radical (unpaired) electrons. The molecule has 0 saturated carbocycles. The number of aryl methyl sites for hydroxylation is 1. The van der Waals surface area contributed by atoms with Gasteiger partial charge in [-0.05, 0) is 69.7 Å². The number of ether oxygens (including phenoxy) is 1. The van der Waals surface area contributed by atoms with E-state index in [2.05, 4.69) is 52.1 Å². The van der Waals surface area contributed by atoms with E-state index in [1.165, 1.54) is 18.4 Å². The number of nitrogens with one attached hydrogen (secondary N) is 1. The second kappa shape index (κ2) is 7.12. The predicted molar refractivity (Wildman–Crippen MR) is 87.5 cm³/mol. The quantitative estimate of drug-likeness (QED) is 0.796. The molecule has 0 aliphatic heterocycles. The number of hydrogen-bond acceptors (Lipinski definition) is 2. The van der Waals surface area contributed by atoms with Crippen LogP contribution in [0.15, 0.2) is 24.3 Å². The molecule has 0 atom stereocenters. The molecule has 0 spiro atoms. The van der Waals surface area contributed by atoms with E-state index in [9.17, 15) is 0 Å². The third-order valence-electron chi connectivity index (χ3n) is 3.71. The first-order valence-electron chi connectivity index (χ1n) is 7.60. The standard InChI is InChI=1S/C18H31NO/c1-17(2,3)19-14-13-18(4,5)12-11-15-7-9-16(20-6)10-8-15/h7-10,19H,11-14H2,1-6H3. The SMILES string of the molecule is COc1ccc(CCC(C)(C)CCNC(C)(C)C)cc1. The summed E-state index contributed by atoms with van der Waals surface area (Å²) in [7, 11) is 1.71. The average Bonchev–Trinajstić information content (AvgIpc) is 2.35. The Morgan fingerprint density at radius 2 is 1.55 bits per heavy atom. The lowest BCUT2D eigenvalue weighted by molar-refractivity contribution is 0.284. The maximum Gasteiger partial charge on any atom is 0.118 e. The summed E-state index contributed by atoms with van der Waals surface area (Å²) < 4.78 is 5.19. The molecular weight excluding hydrogens is 246 g/mol. The Morgan fingerprint density at radius 1 is 0.950 bits per heavy atom. The number of hydrogen-bond donors (Lipinski definition) is 1. The molecular formula is C18H31NO. The van der Waals surface area contributed by atoms with Crippen LogP contribution in [0.5, 0.6) is 5.75 Å². The largest absolute Gasteiger partial charge is 0.497 e. The molecule has 0 aliphatic rings. The Hall–Kier alpha value is -1.02. The lowest BCUT2D eigenvalue weighted by atomic mass is 9.83. The predicted octanol–water partition coefficient (Wildman–Crippen LogP) is 4.43. The summed E-state index contributed by atoms with van der Waals surface area (Å²) in [5, 5.41) is 3.57. The fourth-order valence-electron chi connectivity index (χ4n) is 2.18. The van der Waals surface area contributed by atoms with Gasteiger partial charge in [0.2, 0.25) is 0 Å². The van der Waals surface area contributed by atoms with Crippen molar-refractivity contribution in [2.24, 2.45) is 5.41 Å². The van der Waals surface area contributed by atoms with Crippen LogP contribution in [0.2, 0.25) is 0 Å². The zero-order valence-corrected chi connectivity index (χ0v) is 14.0. The summed E-state index contributed by atoms with van der Waals surface area (Å²) in [6.07, 6.45) is 3.55. The minimum atomic E-state index is 0.214. The minimum absolute atomic E-state index is 0.214. The average molecular weight is 277 g/mol. The maximum absolute atomic E-state index is 5.19. The van der Waals surface area contributed by atoms with Crippen LogP contribution >= 0.6 is 0 Å². The zero-order valence-electron chi connectivity index (χ0n) is 14.0. The van der Waals surface area contributed by atoms with E-state index in [0.717, 1.165) is 18.7 Å². The molecule has 0 aromatic heterocycles. The molecule has 0 amide bonds. The fraction of sp³-hybridized carbons (Fsp3) is 0.667. The van der Waals surface area contributed by atoms with Crippen molar-refractivity contribution in [2.45, 2.75) is 59.4 Å². The highest BCUT2D eigenvalue weighted by Gasteiger charge is 2.18. The summed E-state index contributed by atoms with van der Waals surface area (Å²) >= 11 is 0. The molecule has 0 fully saturated rings. The molecule has 20 heavy (non-hydrogen) atoms. The van der Waals surface area contributed by atoms with Gasteiger partial charge in [0.05, 0.1) is 7.11 Å². The van der Waals surface area contributed by atoms with Gasteiger partial charge in [-0.15, -0.1) is 0 Å². The lowest BCUT2D eigenvalue weighted by Crippen LogP contribution is -2.38. The summed E-state index contributed by atoms with van der Waals surface area (Å²) in [4.78, 5) is 0. The highest BCUT2D eigenvalue weighted by atomic mass is 16.5. The molecule has 2 heteroatoms. The molecule has 0 unspecified atom stereocenters. The third-order valence-corrected chi connectivity index (χ3v) is 3.71. The summed E-state index contributed by atoms with van der Waals surface area (Å²) in [6, 6.07) is 8.43. The summed E-state index contributed by atoms with van der Waals surface area (Å²) in [6.45, 7) is 12.5. The van der Waals surface area contributed by atoms with Crippen LogP contribution in [0.3, 0.4) is 0 Å². The molecule has 0 aliphatic carbocycles. The van der Waals surface area contributed by atoms with E-state index in [-0.39, 0.29) is 5.54 Å². The van der Waals surface area contributed by atoms with Gasteiger partial charge in [-0.2, -0.15) is 0 Å². The van der Waals surface area contributed by atoms with Crippen LogP contribution in [0.4, 0.5) is 0 Å². The van der Waals surface area contributed by atoms with E-state index in [4.69, 9.17) is 4.74 Å². The highest BCUT2D eigenvalue weighted by Crippen LogP contribution is 2.27. The van der Waals surface area contributed by atoms with E-state index >= 15 is 0 Å². The summed E-state index contributed by atoms with van der Waals surface area (Å²) in [5.41, 5.74) is 1.98. The first-order valence-corrected chi connectivity index (χ1v) is 7.60. The van der Waals surface area contributed by atoms with Gasteiger partial charge in [0, 0.05) is 5.54 Å². The minimum Gasteiger partial charge on any atom is -0.497 e. The molecule has 1 N–H and O–H groups in total. The van der Waals surface area contributed by atoms with E-state index in [1.807, 2.05) is 12.1 Å². The molecule has 1 aromatic carbocycles. The maximum atomic E-state index is 5.19. The van der Waals surface area contributed by atoms with Gasteiger partial charge in [0.25, 0.3) is 0 Å². The van der Waals surface area contributed by atoms with Gasteiger partial charge in [-0.25, -0.2) is 0 Å². The van der Waals surface area contributed by atoms with Crippen molar-refractivity contribution in [3.05, 3.63) is 29.8 Å². The Morgan fingerprint density at radius 3 is 2.05 bits per heavy atom. The topological polar surface area (TPSA) is 21.3 Å². The van der Waals surface area contributed by atoms with Crippen molar-refractivity contribution in [3.63, 3.8) is 0 Å². The Kier molecular flexibility index (Phi) is 6.07. The fourth-order valence-corrected chi connectivity index (χ4v) is 2.18. The molecule has 0 heterocycles. The van der Waals surface area contributed by atoms with Crippen molar-refractivity contribution < 1.29 is 4.74 Å². The Bertz CT molecular complexity index is 387.